The number of nitrogen functional groups attached to an aromatic ring is 1. The number of anilines is 1. The van der Waals surface area contributed by atoms with E-state index in [0.717, 1.165) is 12.3 Å². The van der Waals surface area contributed by atoms with E-state index < -0.39 is 170 Å². The lowest BCUT2D eigenvalue weighted by atomic mass is 9.88. The van der Waals surface area contributed by atoms with Crippen molar-refractivity contribution in [2.75, 3.05) is 32.1 Å². The van der Waals surface area contributed by atoms with Crippen molar-refractivity contribution in [1.82, 2.24) is 20.2 Å². The molecule has 0 aliphatic carbocycles. The monoisotopic (exact) mass is 911 g/mol. The molecule has 4 heterocycles. The molecule has 4 rings (SSSR count). The van der Waals surface area contributed by atoms with Gasteiger partial charge >= 0.3 is 13.5 Å². The van der Waals surface area contributed by atoms with Gasteiger partial charge in [0.25, 0.3) is 7.82 Å². The van der Waals surface area contributed by atoms with Gasteiger partial charge in [0, 0.05) is 12.6 Å². The Labute approximate surface area is 335 Å². The number of amides is 2. The molecule has 2 amide bonds. The number of hydrogen-bond acceptors (Lipinski definition) is 25. The zero-order chi connectivity index (χ0) is 45.1. The van der Waals surface area contributed by atoms with Crippen LogP contribution in [-0.4, -0.2) is 195 Å². The largest absolute Gasteiger partial charge is 0.756 e. The Balaban J connectivity index is 1.41. The molecule has 16 atom stereocenters. The zero-order valence-electron chi connectivity index (χ0n) is 30.5. The van der Waals surface area contributed by atoms with Gasteiger partial charge in [0.05, 0.1) is 51.0 Å². The summed E-state index contributed by atoms with van der Waals surface area (Å²) in [5.41, 5.74) is 4.39. The van der Waals surface area contributed by atoms with Crippen molar-refractivity contribution in [2.45, 2.75) is 104 Å². The number of phosphoric ester groups is 2. The third-order valence-corrected chi connectivity index (χ3v) is 10.8. The lowest BCUT2D eigenvalue weighted by Gasteiger charge is -2.50. The number of carbonyl (C=O) groups excluding carboxylic acids is 3. The molecule has 0 spiro atoms. The summed E-state index contributed by atoms with van der Waals surface area (Å²) in [6.07, 6.45) is -26.9. The second-order valence-corrected chi connectivity index (χ2v) is 16.2. The lowest BCUT2D eigenvalue weighted by Crippen LogP contribution is -2.70. The van der Waals surface area contributed by atoms with E-state index in [4.69, 9.17) is 29.7 Å². The highest BCUT2D eigenvalue weighted by Gasteiger charge is 2.55. The van der Waals surface area contributed by atoms with Gasteiger partial charge in [0.15, 0.2) is 6.23 Å². The third-order valence-electron chi connectivity index (χ3n) is 9.30. The highest BCUT2D eigenvalue weighted by Crippen LogP contribution is 2.48. The van der Waals surface area contributed by atoms with Gasteiger partial charge in [0.1, 0.15) is 72.8 Å². The third kappa shape index (κ3) is 12.0. The average Bonchev–Trinajstić information content (AvgIpc) is 3.44. The van der Waals surface area contributed by atoms with E-state index in [9.17, 15) is 84.3 Å². The number of nitrogens with one attached hydrogen (secondary N) is 2. The fraction of sp³-hybridized carbons (Fsp3) is 0.750. The van der Waals surface area contributed by atoms with Crippen LogP contribution in [0.15, 0.2) is 17.1 Å². The van der Waals surface area contributed by atoms with Crippen LogP contribution in [0, 0.1) is 0 Å². The van der Waals surface area contributed by atoms with Crippen LogP contribution in [0.1, 0.15) is 19.1 Å². The summed E-state index contributed by atoms with van der Waals surface area (Å²) < 4.78 is 54.0. The fourth-order valence-corrected chi connectivity index (χ4v) is 7.52. The summed E-state index contributed by atoms with van der Waals surface area (Å²) in [6, 6.07) is -0.850. The molecule has 0 saturated carbocycles. The molecular formula is C28H43N5O25P2-2. The zero-order valence-corrected chi connectivity index (χ0v) is 32.3. The van der Waals surface area contributed by atoms with Gasteiger partial charge in [-0.2, -0.15) is 4.98 Å². The molecule has 342 valence electrons. The summed E-state index contributed by atoms with van der Waals surface area (Å²) in [6.45, 7) is -4.45. The first-order valence-electron chi connectivity index (χ1n) is 17.3. The van der Waals surface area contributed by atoms with Crippen molar-refractivity contribution in [2.24, 2.45) is 0 Å². The molecule has 11 unspecified atom stereocenters. The number of aliphatic hydroxyl groups excluding tert-OH is 9. The molecule has 3 fully saturated rings. The minimum absolute atomic E-state index is 0.202. The summed E-state index contributed by atoms with van der Waals surface area (Å²) in [7, 11) is -11.1. The van der Waals surface area contributed by atoms with Crippen LogP contribution < -0.4 is 32.1 Å². The maximum atomic E-state index is 13.0. The number of aliphatic hydroxyl groups is 9. The number of hydrogen-bond donors (Lipinski definition) is 14. The molecule has 1 aromatic rings. The van der Waals surface area contributed by atoms with Crippen molar-refractivity contribution in [1.29, 1.82) is 0 Å². The number of carboxylic acid groups (broad SMARTS) is 1. The first-order chi connectivity index (χ1) is 27.8. The summed E-state index contributed by atoms with van der Waals surface area (Å²) in [4.78, 5) is 84.3. The predicted octanol–water partition coefficient (Wildman–Crippen LogP) is -10.8. The molecule has 30 nitrogen and oxygen atoms in total. The molecular weight excluding hydrogens is 868 g/mol. The fourth-order valence-electron chi connectivity index (χ4n) is 6.24. The highest BCUT2D eigenvalue weighted by atomic mass is 31.2. The molecule has 0 bridgehead atoms. The smallest absolute Gasteiger partial charge is 0.469 e. The van der Waals surface area contributed by atoms with Crippen molar-refractivity contribution in [3.05, 3.63) is 22.7 Å². The van der Waals surface area contributed by atoms with E-state index in [1.54, 1.807) is 0 Å². The summed E-state index contributed by atoms with van der Waals surface area (Å²) in [5.74, 6) is -8.68. The van der Waals surface area contributed by atoms with E-state index in [0.29, 0.717) is 4.57 Å². The number of ether oxygens (including phenoxy) is 3. The highest BCUT2D eigenvalue weighted by molar-refractivity contribution is 7.46. The Morgan fingerprint density at radius 1 is 0.967 bits per heavy atom. The normalized spacial score (nSPS) is 35.5. The predicted molar refractivity (Wildman–Crippen MR) is 180 cm³/mol. The van der Waals surface area contributed by atoms with Gasteiger partial charge in [-0.15, -0.1) is 0 Å². The van der Waals surface area contributed by atoms with Crippen LogP contribution in [0.4, 0.5) is 5.82 Å². The quantitative estimate of drug-likeness (QED) is 0.0608. The molecule has 3 aliphatic heterocycles. The number of aromatic nitrogens is 2. The first-order valence-corrected chi connectivity index (χ1v) is 20.3. The number of nitrogens with zero attached hydrogens (tertiary/aromatic N) is 2. The van der Waals surface area contributed by atoms with E-state index in [1.165, 1.54) is 0 Å². The van der Waals surface area contributed by atoms with Gasteiger partial charge in [-0.1, -0.05) is 0 Å². The van der Waals surface area contributed by atoms with Crippen LogP contribution in [0.2, 0.25) is 0 Å². The Morgan fingerprint density at radius 2 is 1.57 bits per heavy atom. The molecule has 32 heteroatoms. The Bertz CT molecular complexity index is 1840. The standard InChI is InChI=1S/C28H45N5O25P2/c29-14-1-2-33(27(47)31-14)25-23(44)21(42)13(56-25)8-54-60(51,52)58-28(26(45)46)4-9(35)17(24(57-28)18(39)10(36)6-34)32-16(38)5-30-15(37)3-11-19(40)22(43)20(41)12(55-11)7-53-59(48,49)50/h1-2,9-13,17-25,34-36,39-44H,3-8H2,(H,30,37)(H,32,38)(H,45,46)(H,51,52)(H2,29,31,47)(H2,48,49,50)/p-2/t9?,10-,11+,12?,13?,17?,18-,19?,20+,21?,22-,23?,24?,25?,28?/m1/s1. The summed E-state index contributed by atoms with van der Waals surface area (Å²) >= 11 is 0. The average molecular weight is 912 g/mol. The SMILES string of the molecule is Nc1ccn(C2OC(COP(=O)([O-])OC3(C(=O)[O-])CC(O)C(NC(=O)CNC(=O)C[C@@H]4OC(COP(=O)(O)O)[C@H](O)[C@H](O)C4O)C([C@H](O)[C@H](O)CO)O3)C(O)C2O)c(=O)n1. The van der Waals surface area contributed by atoms with E-state index >= 15 is 0 Å². The second kappa shape index (κ2) is 19.9. The van der Waals surface area contributed by atoms with Crippen molar-refractivity contribution in [3.63, 3.8) is 0 Å². The van der Waals surface area contributed by atoms with Crippen LogP contribution in [-0.2, 0) is 51.3 Å². The molecule has 0 aromatic carbocycles. The van der Waals surface area contributed by atoms with Crippen molar-refractivity contribution < 1.29 is 117 Å². The Hall–Kier alpha value is -3.17. The van der Waals surface area contributed by atoms with E-state index in [-0.39, 0.29) is 5.82 Å². The number of aliphatic carboxylic acids is 1. The molecule has 15 N–H and O–H groups in total. The van der Waals surface area contributed by atoms with Crippen LogP contribution in [0.5, 0.6) is 0 Å². The number of rotatable bonds is 18. The minimum atomic E-state index is -6.02. The number of carboxylic acids is 1. The second-order valence-electron chi connectivity index (χ2n) is 13.6. The van der Waals surface area contributed by atoms with Gasteiger partial charge < -0.3 is 106 Å². The lowest BCUT2D eigenvalue weighted by molar-refractivity contribution is -0.377. The van der Waals surface area contributed by atoms with Crippen molar-refractivity contribution in [3.8, 4) is 0 Å². The van der Waals surface area contributed by atoms with Gasteiger partial charge in [0.2, 0.25) is 17.6 Å². The summed E-state index contributed by atoms with van der Waals surface area (Å²) in [5, 5.41) is 109. The topological polar surface area (TPSA) is 494 Å². The maximum Gasteiger partial charge on any atom is 0.469 e. The van der Waals surface area contributed by atoms with Crippen LogP contribution >= 0.6 is 15.6 Å². The van der Waals surface area contributed by atoms with Gasteiger partial charge in [-0.3, -0.25) is 27.8 Å². The Kier molecular flexibility index (Phi) is 16.4. The maximum absolute atomic E-state index is 13.0. The molecule has 0 radical (unpaired) electrons. The minimum Gasteiger partial charge on any atom is -0.756 e. The number of nitrogens with two attached hydrogens (primary N) is 1. The number of phosphoric acid groups is 2. The molecule has 3 saturated heterocycles. The van der Waals surface area contributed by atoms with Crippen LogP contribution in [0.25, 0.3) is 0 Å². The van der Waals surface area contributed by atoms with E-state index in [1.807, 2.05) is 5.32 Å². The van der Waals surface area contributed by atoms with Gasteiger partial charge in [-0.05, 0) is 6.07 Å². The Morgan fingerprint density at radius 3 is 2.17 bits per heavy atom. The van der Waals surface area contributed by atoms with Crippen LogP contribution in [0.3, 0.4) is 0 Å². The van der Waals surface area contributed by atoms with Gasteiger partial charge in [-0.25, -0.2) is 9.36 Å². The molecule has 60 heavy (non-hydrogen) atoms. The number of carbonyl (C=O) groups is 3. The molecule has 3 aliphatic rings. The first kappa shape index (κ1) is 49.5. The van der Waals surface area contributed by atoms with E-state index in [2.05, 4.69) is 23.9 Å². The molecule has 1 aromatic heterocycles. The van der Waals surface area contributed by atoms with Crippen molar-refractivity contribution >= 4 is 39.2 Å².